The number of halogens is 1. The van der Waals surface area contributed by atoms with Crippen molar-refractivity contribution in [1.82, 2.24) is 19.9 Å². The van der Waals surface area contributed by atoms with Crippen LogP contribution in [0.1, 0.15) is 10.5 Å². The minimum Gasteiger partial charge on any atom is -0.355 e. The fourth-order valence-corrected chi connectivity index (χ4v) is 3.05. The van der Waals surface area contributed by atoms with Crippen molar-refractivity contribution in [2.24, 2.45) is 0 Å². The van der Waals surface area contributed by atoms with E-state index in [1.165, 1.54) is 12.1 Å². The summed E-state index contributed by atoms with van der Waals surface area (Å²) in [4.78, 5) is 29.4. The van der Waals surface area contributed by atoms with Crippen molar-refractivity contribution < 1.29 is 9.18 Å². The van der Waals surface area contributed by atoms with Gasteiger partial charge in [0, 0.05) is 56.1 Å². The Labute approximate surface area is 161 Å². The zero-order chi connectivity index (χ0) is 19.3. The molecule has 7 nitrogen and oxygen atoms in total. The molecule has 0 unspecified atom stereocenters. The topological polar surface area (TPSA) is 74.2 Å². The largest absolute Gasteiger partial charge is 0.355 e. The lowest BCUT2D eigenvalue weighted by atomic mass is 10.2. The molecule has 142 valence electrons. The molecule has 0 saturated carbocycles. The smallest absolute Gasteiger partial charge is 0.272 e. The third kappa shape index (κ3) is 4.06. The van der Waals surface area contributed by atoms with E-state index in [2.05, 4.69) is 25.2 Å². The lowest BCUT2D eigenvalue weighted by Crippen LogP contribution is -2.49. The van der Waals surface area contributed by atoms with Crippen LogP contribution in [0.25, 0.3) is 0 Å². The number of nitrogens with one attached hydrogen (secondary N) is 1. The first-order valence-electron chi connectivity index (χ1n) is 8.99. The number of rotatable bonds is 4. The normalized spacial score (nSPS) is 14.0. The van der Waals surface area contributed by atoms with Crippen LogP contribution in [0.3, 0.4) is 0 Å². The van der Waals surface area contributed by atoms with Crippen molar-refractivity contribution in [3.8, 4) is 0 Å². The van der Waals surface area contributed by atoms with E-state index in [1.54, 1.807) is 53.8 Å². The van der Waals surface area contributed by atoms with Gasteiger partial charge in [-0.25, -0.2) is 14.4 Å². The predicted molar refractivity (Wildman–Crippen MR) is 104 cm³/mol. The van der Waals surface area contributed by atoms with Crippen molar-refractivity contribution in [3.63, 3.8) is 0 Å². The number of hydrogen-bond donors (Lipinski definition) is 1. The van der Waals surface area contributed by atoms with Gasteiger partial charge in [-0.15, -0.1) is 0 Å². The number of aromatic nitrogens is 3. The zero-order valence-corrected chi connectivity index (χ0v) is 15.1. The fourth-order valence-electron chi connectivity index (χ4n) is 3.05. The maximum Gasteiger partial charge on any atom is 0.272 e. The van der Waals surface area contributed by atoms with Gasteiger partial charge in [-0.05, 0) is 42.5 Å². The van der Waals surface area contributed by atoms with Gasteiger partial charge in [0.2, 0.25) is 5.95 Å². The molecule has 1 aromatic carbocycles. The van der Waals surface area contributed by atoms with Gasteiger partial charge in [0.15, 0.2) is 0 Å². The van der Waals surface area contributed by atoms with Crippen LogP contribution in [0, 0.1) is 5.82 Å². The molecule has 8 heteroatoms. The molecule has 3 heterocycles. The highest BCUT2D eigenvalue weighted by Gasteiger charge is 2.24. The number of pyridine rings is 1. The van der Waals surface area contributed by atoms with Gasteiger partial charge >= 0.3 is 0 Å². The summed E-state index contributed by atoms with van der Waals surface area (Å²) in [7, 11) is 0. The number of benzene rings is 1. The molecule has 0 spiro atoms. The van der Waals surface area contributed by atoms with Crippen LogP contribution in [-0.2, 0) is 0 Å². The lowest BCUT2D eigenvalue weighted by Gasteiger charge is -2.34. The SMILES string of the molecule is O=C(c1cc(Nc2ccc(F)cc2)ccn1)N1CCN(c2ncccn2)CC1. The number of carbonyl (C=O) groups excluding carboxylic acids is 1. The summed E-state index contributed by atoms with van der Waals surface area (Å²) in [6.45, 7) is 2.50. The molecule has 1 fully saturated rings. The summed E-state index contributed by atoms with van der Waals surface area (Å²) >= 11 is 0. The molecule has 28 heavy (non-hydrogen) atoms. The highest BCUT2D eigenvalue weighted by Crippen LogP contribution is 2.18. The van der Waals surface area contributed by atoms with E-state index in [-0.39, 0.29) is 11.7 Å². The molecule has 4 rings (SSSR count). The first-order chi connectivity index (χ1) is 13.7. The first kappa shape index (κ1) is 17.8. The summed E-state index contributed by atoms with van der Waals surface area (Å²) in [5.41, 5.74) is 1.83. The second kappa shape index (κ2) is 7.99. The van der Waals surface area contributed by atoms with Gasteiger partial charge in [0.25, 0.3) is 5.91 Å². The fraction of sp³-hybridized carbons (Fsp3) is 0.200. The highest BCUT2D eigenvalue weighted by atomic mass is 19.1. The number of anilines is 3. The minimum absolute atomic E-state index is 0.114. The molecule has 0 radical (unpaired) electrons. The van der Waals surface area contributed by atoms with Gasteiger partial charge in [-0.3, -0.25) is 9.78 Å². The van der Waals surface area contributed by atoms with Crippen molar-refractivity contribution in [3.05, 3.63) is 72.6 Å². The van der Waals surface area contributed by atoms with E-state index in [1.807, 2.05) is 0 Å². The first-order valence-corrected chi connectivity index (χ1v) is 8.99. The quantitative estimate of drug-likeness (QED) is 0.753. The molecule has 2 aromatic heterocycles. The van der Waals surface area contributed by atoms with E-state index >= 15 is 0 Å². The molecule has 1 N–H and O–H groups in total. The van der Waals surface area contributed by atoms with Crippen LogP contribution in [0.2, 0.25) is 0 Å². The molecule has 1 aliphatic rings. The number of piperazine rings is 1. The molecule has 1 saturated heterocycles. The Balaban J connectivity index is 1.40. The minimum atomic E-state index is -0.295. The second-order valence-electron chi connectivity index (χ2n) is 6.39. The average Bonchev–Trinajstić information content (AvgIpc) is 2.76. The summed E-state index contributed by atoms with van der Waals surface area (Å²) < 4.78 is 13.0. The van der Waals surface area contributed by atoms with Crippen molar-refractivity contribution in [1.29, 1.82) is 0 Å². The number of nitrogens with zero attached hydrogens (tertiary/aromatic N) is 5. The van der Waals surface area contributed by atoms with E-state index in [0.29, 0.717) is 37.8 Å². The molecule has 3 aromatic rings. The molecule has 0 aliphatic carbocycles. The van der Waals surface area contributed by atoms with E-state index < -0.39 is 0 Å². The van der Waals surface area contributed by atoms with E-state index in [4.69, 9.17) is 0 Å². The number of carbonyl (C=O) groups is 1. The van der Waals surface area contributed by atoms with Crippen LogP contribution in [0.15, 0.2) is 61.1 Å². The zero-order valence-electron chi connectivity index (χ0n) is 15.1. The molecule has 0 bridgehead atoms. The lowest BCUT2D eigenvalue weighted by molar-refractivity contribution is 0.0740. The van der Waals surface area contributed by atoms with E-state index in [0.717, 1.165) is 11.4 Å². The standard InChI is InChI=1S/C20H19FN6O/c21-15-2-4-16(5-3-15)25-17-6-9-22-18(14-17)19(28)26-10-12-27(13-11-26)20-23-7-1-8-24-20/h1-9,14H,10-13H2,(H,22,25). The third-order valence-electron chi connectivity index (χ3n) is 4.51. The van der Waals surface area contributed by atoms with Crippen molar-refractivity contribution in [2.45, 2.75) is 0 Å². The Kier molecular flexibility index (Phi) is 5.09. The summed E-state index contributed by atoms with van der Waals surface area (Å²) in [5.74, 6) is 0.269. The Hall–Kier alpha value is -3.55. The molecule has 1 aliphatic heterocycles. The van der Waals surface area contributed by atoms with Gasteiger partial charge in [-0.2, -0.15) is 0 Å². The highest BCUT2D eigenvalue weighted by molar-refractivity contribution is 5.93. The van der Waals surface area contributed by atoms with Crippen LogP contribution >= 0.6 is 0 Å². The van der Waals surface area contributed by atoms with Gasteiger partial charge < -0.3 is 15.1 Å². The monoisotopic (exact) mass is 378 g/mol. The number of amides is 1. The molecular formula is C20H19FN6O. The van der Waals surface area contributed by atoms with Crippen molar-refractivity contribution in [2.75, 3.05) is 36.4 Å². The Morgan fingerprint density at radius 1 is 0.893 bits per heavy atom. The van der Waals surface area contributed by atoms with Gasteiger partial charge in [0.1, 0.15) is 11.5 Å². The Bertz CT molecular complexity index is 942. The average molecular weight is 378 g/mol. The molecule has 1 amide bonds. The summed E-state index contributed by atoms with van der Waals surface area (Å²) in [6, 6.07) is 11.3. The van der Waals surface area contributed by atoms with Crippen LogP contribution in [-0.4, -0.2) is 51.9 Å². The predicted octanol–water partition coefficient (Wildman–Crippen LogP) is 2.72. The third-order valence-corrected chi connectivity index (χ3v) is 4.51. The Morgan fingerprint density at radius 3 is 2.32 bits per heavy atom. The van der Waals surface area contributed by atoms with E-state index in [9.17, 15) is 9.18 Å². The van der Waals surface area contributed by atoms with Gasteiger partial charge in [-0.1, -0.05) is 0 Å². The molecule has 0 atom stereocenters. The van der Waals surface area contributed by atoms with Gasteiger partial charge in [0.05, 0.1) is 0 Å². The summed E-state index contributed by atoms with van der Waals surface area (Å²) in [6.07, 6.45) is 5.01. The Morgan fingerprint density at radius 2 is 1.61 bits per heavy atom. The van der Waals surface area contributed by atoms with Crippen LogP contribution < -0.4 is 10.2 Å². The molecular weight excluding hydrogens is 359 g/mol. The summed E-state index contributed by atoms with van der Waals surface area (Å²) in [5, 5.41) is 3.16. The van der Waals surface area contributed by atoms with Crippen molar-refractivity contribution >= 4 is 23.2 Å². The van der Waals surface area contributed by atoms with Crippen LogP contribution in [0.5, 0.6) is 0 Å². The number of hydrogen-bond acceptors (Lipinski definition) is 6. The maximum absolute atomic E-state index is 13.0. The second-order valence-corrected chi connectivity index (χ2v) is 6.39. The van der Waals surface area contributed by atoms with Crippen LogP contribution in [0.4, 0.5) is 21.7 Å². The maximum atomic E-state index is 13.0.